The Kier molecular flexibility index (Phi) is 2.06. The number of fused-ring (bicyclic) bond motifs is 2. The Morgan fingerprint density at radius 1 is 1.25 bits per heavy atom. The highest BCUT2D eigenvalue weighted by atomic mass is 16.1. The molecule has 1 N–H and O–H groups in total. The number of aromatic nitrogens is 6. The molecule has 7 nitrogen and oxygen atoms in total. The van der Waals surface area contributed by atoms with Gasteiger partial charge in [-0.1, -0.05) is 12.1 Å². The lowest BCUT2D eigenvalue weighted by atomic mass is 10.3. The zero-order chi connectivity index (χ0) is 13.7. The Morgan fingerprint density at radius 3 is 3.00 bits per heavy atom. The fourth-order valence-electron chi connectivity index (χ4n) is 2.36. The van der Waals surface area contributed by atoms with Crippen molar-refractivity contribution in [3.63, 3.8) is 0 Å². The highest BCUT2D eigenvalue weighted by Crippen LogP contribution is 2.19. The molecule has 0 aliphatic heterocycles. The van der Waals surface area contributed by atoms with E-state index in [4.69, 9.17) is 0 Å². The molecule has 0 aliphatic rings. The van der Waals surface area contributed by atoms with Crippen LogP contribution in [0.3, 0.4) is 0 Å². The molecule has 3 aromatic heterocycles. The van der Waals surface area contributed by atoms with Gasteiger partial charge >= 0.3 is 5.69 Å². The van der Waals surface area contributed by atoms with Crippen molar-refractivity contribution < 1.29 is 0 Å². The largest absolute Gasteiger partial charge is 0.348 e. The maximum atomic E-state index is 11.4. The highest BCUT2D eigenvalue weighted by molar-refractivity contribution is 5.77. The molecule has 0 aliphatic carbocycles. The molecule has 20 heavy (non-hydrogen) atoms. The fraction of sp³-hybridized carbons (Fsp3) is 0.0769. The monoisotopic (exact) mass is 266 g/mol. The number of rotatable bonds is 1. The summed E-state index contributed by atoms with van der Waals surface area (Å²) in [6.45, 7) is 1.92. The van der Waals surface area contributed by atoms with Crippen molar-refractivity contribution >= 4 is 16.7 Å². The van der Waals surface area contributed by atoms with Gasteiger partial charge in [0.15, 0.2) is 5.65 Å². The van der Waals surface area contributed by atoms with Crippen molar-refractivity contribution in [2.24, 2.45) is 0 Å². The van der Waals surface area contributed by atoms with E-state index in [-0.39, 0.29) is 5.69 Å². The van der Waals surface area contributed by atoms with Gasteiger partial charge in [0.05, 0.1) is 11.0 Å². The number of nitrogens with one attached hydrogen (secondary N) is 1. The van der Waals surface area contributed by atoms with Gasteiger partial charge in [-0.2, -0.15) is 5.10 Å². The van der Waals surface area contributed by atoms with Crippen molar-refractivity contribution in [1.29, 1.82) is 0 Å². The molecule has 0 spiro atoms. The van der Waals surface area contributed by atoms with Crippen LogP contribution < -0.4 is 5.69 Å². The summed E-state index contributed by atoms with van der Waals surface area (Å²) in [7, 11) is 0. The minimum atomic E-state index is -0.300. The molecule has 1 aromatic carbocycles. The second-order valence-electron chi connectivity index (χ2n) is 4.49. The smallest absolute Gasteiger partial charge is 0.280 e. The summed E-state index contributed by atoms with van der Waals surface area (Å²) in [5.41, 5.74) is 2.11. The van der Waals surface area contributed by atoms with Crippen LogP contribution in [0.2, 0.25) is 0 Å². The van der Waals surface area contributed by atoms with Gasteiger partial charge in [0, 0.05) is 6.07 Å². The lowest BCUT2D eigenvalue weighted by Crippen LogP contribution is -2.10. The van der Waals surface area contributed by atoms with Crippen molar-refractivity contribution in [3.05, 3.63) is 53.0 Å². The average molecular weight is 266 g/mol. The van der Waals surface area contributed by atoms with E-state index in [0.29, 0.717) is 11.5 Å². The lowest BCUT2D eigenvalue weighted by molar-refractivity contribution is 0.924. The van der Waals surface area contributed by atoms with Crippen LogP contribution in [0.4, 0.5) is 0 Å². The number of hydrogen-bond acceptors (Lipinski definition) is 4. The van der Waals surface area contributed by atoms with Crippen molar-refractivity contribution in [2.45, 2.75) is 6.92 Å². The Morgan fingerprint density at radius 2 is 2.10 bits per heavy atom. The van der Waals surface area contributed by atoms with E-state index >= 15 is 0 Å². The number of hydrogen-bond donors (Lipinski definition) is 1. The normalized spacial score (nSPS) is 11.4. The predicted molar refractivity (Wildman–Crippen MR) is 73.0 cm³/mol. The maximum absolute atomic E-state index is 11.4. The fourth-order valence-corrected chi connectivity index (χ4v) is 2.36. The van der Waals surface area contributed by atoms with Gasteiger partial charge in [-0.25, -0.2) is 24.3 Å². The molecule has 3 heterocycles. The predicted octanol–water partition coefficient (Wildman–Crippen LogP) is 1.06. The number of imidazole rings is 1. The van der Waals surface area contributed by atoms with Gasteiger partial charge in [-0.15, -0.1) is 0 Å². The van der Waals surface area contributed by atoms with Crippen LogP contribution in [0.1, 0.15) is 5.82 Å². The Bertz CT molecular complexity index is 993. The van der Waals surface area contributed by atoms with Crippen LogP contribution in [0.25, 0.3) is 22.5 Å². The second-order valence-corrected chi connectivity index (χ2v) is 4.49. The molecule has 0 bridgehead atoms. The SMILES string of the molecule is Cc1nc2ccccc2n1-c1cc2n[nH]c(=O)n2cn1. The van der Waals surface area contributed by atoms with Gasteiger partial charge < -0.3 is 0 Å². The van der Waals surface area contributed by atoms with E-state index in [1.165, 1.54) is 10.7 Å². The van der Waals surface area contributed by atoms with Gasteiger partial charge in [-0.05, 0) is 19.1 Å². The summed E-state index contributed by atoms with van der Waals surface area (Å²) in [5, 5.41) is 6.34. The van der Waals surface area contributed by atoms with E-state index < -0.39 is 0 Å². The minimum Gasteiger partial charge on any atom is -0.280 e. The van der Waals surface area contributed by atoms with Crippen LogP contribution in [0.15, 0.2) is 41.5 Å². The Hall–Kier alpha value is -2.96. The molecule has 0 saturated heterocycles. The standard InChI is InChI=1S/C13H10N6O/c1-8-15-9-4-2-3-5-10(9)19(8)11-6-12-16-17-13(20)18(12)7-14-11/h2-7H,1H3,(H,17,20). The quantitative estimate of drug-likeness (QED) is 0.558. The molecule has 4 rings (SSSR count). The van der Waals surface area contributed by atoms with Crippen molar-refractivity contribution in [2.75, 3.05) is 0 Å². The first-order valence-corrected chi connectivity index (χ1v) is 6.11. The van der Waals surface area contributed by atoms with E-state index in [9.17, 15) is 4.79 Å². The van der Waals surface area contributed by atoms with Gasteiger partial charge in [0.2, 0.25) is 0 Å². The van der Waals surface area contributed by atoms with Crippen molar-refractivity contribution in [3.8, 4) is 5.82 Å². The lowest BCUT2D eigenvalue weighted by Gasteiger charge is -2.05. The van der Waals surface area contributed by atoms with E-state index in [0.717, 1.165) is 16.9 Å². The number of para-hydroxylation sites is 2. The van der Waals surface area contributed by atoms with Crippen LogP contribution >= 0.6 is 0 Å². The summed E-state index contributed by atoms with van der Waals surface area (Å²) in [5.74, 6) is 1.52. The zero-order valence-corrected chi connectivity index (χ0v) is 10.6. The summed E-state index contributed by atoms with van der Waals surface area (Å²) >= 11 is 0. The van der Waals surface area contributed by atoms with Crippen LogP contribution in [0, 0.1) is 6.92 Å². The summed E-state index contributed by atoms with van der Waals surface area (Å²) in [6, 6.07) is 9.59. The maximum Gasteiger partial charge on any atom is 0.348 e. The van der Waals surface area contributed by atoms with E-state index in [2.05, 4.69) is 20.2 Å². The third-order valence-electron chi connectivity index (χ3n) is 3.25. The second kappa shape index (κ2) is 3.77. The first-order valence-electron chi connectivity index (χ1n) is 6.11. The summed E-state index contributed by atoms with van der Waals surface area (Å²) < 4.78 is 3.30. The van der Waals surface area contributed by atoms with Crippen molar-refractivity contribution in [1.82, 2.24) is 29.1 Å². The Balaban J connectivity index is 2.05. The van der Waals surface area contributed by atoms with Crippen LogP contribution in [0.5, 0.6) is 0 Å². The number of benzene rings is 1. The molecule has 4 aromatic rings. The molecule has 0 atom stereocenters. The topological polar surface area (TPSA) is 80.9 Å². The summed E-state index contributed by atoms with van der Waals surface area (Å²) in [6.07, 6.45) is 1.46. The molecule has 0 fully saturated rings. The molecule has 7 heteroatoms. The molecule has 98 valence electrons. The first-order chi connectivity index (χ1) is 9.74. The average Bonchev–Trinajstić information content (AvgIpc) is 2.98. The molecule has 0 saturated carbocycles. The van der Waals surface area contributed by atoms with Gasteiger partial charge in [0.25, 0.3) is 0 Å². The molecular weight excluding hydrogens is 256 g/mol. The number of nitrogens with zero attached hydrogens (tertiary/aromatic N) is 5. The third kappa shape index (κ3) is 1.40. The highest BCUT2D eigenvalue weighted by Gasteiger charge is 2.11. The van der Waals surface area contributed by atoms with E-state index in [1.807, 2.05) is 35.8 Å². The molecule has 0 amide bonds. The Labute approximate surface area is 112 Å². The minimum absolute atomic E-state index is 0.300. The number of H-pyrrole nitrogens is 1. The summed E-state index contributed by atoms with van der Waals surface area (Å²) in [4.78, 5) is 20.3. The number of aromatic amines is 1. The zero-order valence-electron chi connectivity index (χ0n) is 10.6. The van der Waals surface area contributed by atoms with Gasteiger partial charge in [0.1, 0.15) is 18.0 Å². The van der Waals surface area contributed by atoms with Gasteiger partial charge in [-0.3, -0.25) is 4.57 Å². The van der Waals surface area contributed by atoms with Crippen LogP contribution in [-0.2, 0) is 0 Å². The molecule has 0 unspecified atom stereocenters. The first kappa shape index (κ1) is 10.9. The molecule has 0 radical (unpaired) electrons. The number of aryl methyl sites for hydroxylation is 1. The van der Waals surface area contributed by atoms with E-state index in [1.54, 1.807) is 6.07 Å². The molecular formula is C13H10N6O. The third-order valence-corrected chi connectivity index (χ3v) is 3.25. The van der Waals surface area contributed by atoms with Crippen LogP contribution in [-0.4, -0.2) is 29.1 Å².